The maximum absolute atomic E-state index is 9.76. The summed E-state index contributed by atoms with van der Waals surface area (Å²) in [4.78, 5) is 0. The summed E-state index contributed by atoms with van der Waals surface area (Å²) < 4.78 is 10.9. The highest BCUT2D eigenvalue weighted by atomic mass is 16.5. The summed E-state index contributed by atoms with van der Waals surface area (Å²) in [6, 6.07) is 7.92. The third-order valence-electron chi connectivity index (χ3n) is 2.87. The molecule has 0 aromatic heterocycles. The van der Waals surface area contributed by atoms with Crippen molar-refractivity contribution in [3.05, 3.63) is 29.8 Å². The normalized spacial score (nSPS) is 12.3. The van der Waals surface area contributed by atoms with E-state index in [2.05, 4.69) is 25.2 Å². The molecule has 0 aliphatic rings. The number of nitrogens with one attached hydrogen (secondary N) is 1. The summed E-state index contributed by atoms with van der Waals surface area (Å²) in [7, 11) is 0. The number of benzene rings is 1. The van der Waals surface area contributed by atoms with Crippen molar-refractivity contribution in [3.63, 3.8) is 0 Å². The van der Waals surface area contributed by atoms with Gasteiger partial charge in [-0.25, -0.2) is 0 Å². The minimum atomic E-state index is -0.579. The number of ether oxygens (including phenoxy) is 2. The van der Waals surface area contributed by atoms with Crippen molar-refractivity contribution in [2.24, 2.45) is 0 Å². The van der Waals surface area contributed by atoms with Crippen LogP contribution in [-0.4, -0.2) is 37.6 Å². The molecule has 0 amide bonds. The van der Waals surface area contributed by atoms with E-state index in [1.54, 1.807) is 0 Å². The van der Waals surface area contributed by atoms with Crippen molar-refractivity contribution in [3.8, 4) is 5.75 Å². The lowest BCUT2D eigenvalue weighted by Crippen LogP contribution is -2.23. The average molecular weight is 281 g/mol. The van der Waals surface area contributed by atoms with Crippen molar-refractivity contribution >= 4 is 0 Å². The molecule has 1 atom stereocenters. The first kappa shape index (κ1) is 17.0. The third-order valence-corrected chi connectivity index (χ3v) is 2.87. The van der Waals surface area contributed by atoms with Gasteiger partial charge in [-0.05, 0) is 30.7 Å². The first-order valence-corrected chi connectivity index (χ1v) is 7.44. The Morgan fingerprint density at radius 2 is 2.10 bits per heavy atom. The van der Waals surface area contributed by atoms with Crippen molar-refractivity contribution in [1.82, 2.24) is 5.32 Å². The van der Waals surface area contributed by atoms with Crippen LogP contribution in [0.1, 0.15) is 32.3 Å². The lowest BCUT2D eigenvalue weighted by atomic mass is 10.2. The topological polar surface area (TPSA) is 50.7 Å². The van der Waals surface area contributed by atoms with Crippen LogP contribution in [0.2, 0.25) is 0 Å². The van der Waals surface area contributed by atoms with Gasteiger partial charge in [0.15, 0.2) is 0 Å². The van der Waals surface area contributed by atoms with E-state index < -0.39 is 6.10 Å². The number of aliphatic hydroxyl groups is 1. The predicted molar refractivity (Wildman–Crippen MR) is 81.1 cm³/mol. The highest BCUT2D eigenvalue weighted by Crippen LogP contribution is 2.13. The van der Waals surface area contributed by atoms with Gasteiger partial charge in [0.25, 0.3) is 0 Å². The SMILES string of the molecule is CCCCOCC(O)COc1cccc(CNCC)c1. The molecule has 0 saturated heterocycles. The van der Waals surface area contributed by atoms with E-state index in [0.717, 1.165) is 31.7 Å². The average Bonchev–Trinajstić information content (AvgIpc) is 2.48. The molecule has 0 fully saturated rings. The van der Waals surface area contributed by atoms with Gasteiger partial charge in [-0.3, -0.25) is 0 Å². The molecule has 1 unspecified atom stereocenters. The Morgan fingerprint density at radius 1 is 1.25 bits per heavy atom. The van der Waals surface area contributed by atoms with Gasteiger partial charge in [0.2, 0.25) is 0 Å². The van der Waals surface area contributed by atoms with Crippen LogP contribution < -0.4 is 10.1 Å². The van der Waals surface area contributed by atoms with Crippen LogP contribution in [0.15, 0.2) is 24.3 Å². The van der Waals surface area contributed by atoms with Crippen LogP contribution >= 0.6 is 0 Å². The molecule has 1 rings (SSSR count). The van der Waals surface area contributed by atoms with E-state index in [4.69, 9.17) is 9.47 Å². The fourth-order valence-corrected chi connectivity index (χ4v) is 1.72. The minimum absolute atomic E-state index is 0.261. The van der Waals surface area contributed by atoms with Crippen LogP contribution in [0.25, 0.3) is 0 Å². The molecule has 0 bridgehead atoms. The summed E-state index contributed by atoms with van der Waals surface area (Å²) in [5.74, 6) is 0.785. The second kappa shape index (κ2) is 10.7. The Morgan fingerprint density at radius 3 is 2.85 bits per heavy atom. The molecular formula is C16H27NO3. The van der Waals surface area contributed by atoms with Gasteiger partial charge in [0.1, 0.15) is 18.5 Å². The summed E-state index contributed by atoms with van der Waals surface area (Å²) in [5, 5.41) is 13.0. The molecule has 1 aromatic rings. The number of hydrogen-bond acceptors (Lipinski definition) is 4. The summed E-state index contributed by atoms with van der Waals surface area (Å²) in [6.45, 7) is 7.26. The second-order valence-corrected chi connectivity index (χ2v) is 4.82. The molecule has 20 heavy (non-hydrogen) atoms. The summed E-state index contributed by atoms with van der Waals surface area (Å²) >= 11 is 0. The van der Waals surface area contributed by atoms with Crippen molar-refractivity contribution in [2.75, 3.05) is 26.4 Å². The fourth-order valence-electron chi connectivity index (χ4n) is 1.72. The second-order valence-electron chi connectivity index (χ2n) is 4.82. The van der Waals surface area contributed by atoms with Crippen LogP contribution in [0.3, 0.4) is 0 Å². The van der Waals surface area contributed by atoms with E-state index in [1.807, 2.05) is 18.2 Å². The zero-order valence-electron chi connectivity index (χ0n) is 12.6. The maximum Gasteiger partial charge on any atom is 0.119 e. The van der Waals surface area contributed by atoms with Crippen molar-refractivity contribution in [1.29, 1.82) is 0 Å². The smallest absolute Gasteiger partial charge is 0.119 e. The Kier molecular flexibility index (Phi) is 9.04. The maximum atomic E-state index is 9.76. The van der Waals surface area contributed by atoms with Gasteiger partial charge in [-0.2, -0.15) is 0 Å². The zero-order chi connectivity index (χ0) is 14.6. The molecule has 4 heteroatoms. The van der Waals surface area contributed by atoms with Crippen LogP contribution in [0.5, 0.6) is 5.75 Å². The molecule has 1 aromatic carbocycles. The monoisotopic (exact) mass is 281 g/mol. The highest BCUT2D eigenvalue weighted by molar-refractivity contribution is 5.28. The number of aliphatic hydroxyl groups excluding tert-OH is 1. The Hall–Kier alpha value is -1.10. The first-order chi connectivity index (χ1) is 9.76. The lowest BCUT2D eigenvalue weighted by molar-refractivity contribution is 0.0113. The van der Waals surface area contributed by atoms with Crippen LogP contribution in [-0.2, 0) is 11.3 Å². The lowest BCUT2D eigenvalue weighted by Gasteiger charge is -2.13. The fraction of sp³-hybridized carbons (Fsp3) is 0.625. The van der Waals surface area contributed by atoms with E-state index in [-0.39, 0.29) is 6.61 Å². The number of rotatable bonds is 11. The van der Waals surface area contributed by atoms with E-state index in [1.165, 1.54) is 5.56 Å². The van der Waals surface area contributed by atoms with Gasteiger partial charge in [0, 0.05) is 13.2 Å². The van der Waals surface area contributed by atoms with E-state index >= 15 is 0 Å². The number of unbranched alkanes of at least 4 members (excludes halogenated alkanes) is 1. The van der Waals surface area contributed by atoms with E-state index in [9.17, 15) is 5.11 Å². The summed E-state index contributed by atoms with van der Waals surface area (Å²) in [5.41, 5.74) is 1.18. The van der Waals surface area contributed by atoms with Gasteiger partial charge in [-0.15, -0.1) is 0 Å². The zero-order valence-corrected chi connectivity index (χ0v) is 12.6. The molecule has 114 valence electrons. The Bertz CT molecular complexity index is 357. The molecule has 2 N–H and O–H groups in total. The van der Waals surface area contributed by atoms with Crippen molar-refractivity contribution in [2.45, 2.75) is 39.3 Å². The van der Waals surface area contributed by atoms with Crippen LogP contribution in [0, 0.1) is 0 Å². The molecule has 0 radical (unpaired) electrons. The molecule has 0 saturated carbocycles. The highest BCUT2D eigenvalue weighted by Gasteiger charge is 2.05. The number of hydrogen-bond donors (Lipinski definition) is 2. The van der Waals surface area contributed by atoms with Crippen LogP contribution in [0.4, 0.5) is 0 Å². The quantitative estimate of drug-likeness (QED) is 0.611. The van der Waals surface area contributed by atoms with Gasteiger partial charge in [0.05, 0.1) is 6.61 Å². The third kappa shape index (κ3) is 7.48. The largest absolute Gasteiger partial charge is 0.491 e. The first-order valence-electron chi connectivity index (χ1n) is 7.44. The van der Waals surface area contributed by atoms with E-state index in [0.29, 0.717) is 13.2 Å². The molecule has 0 spiro atoms. The van der Waals surface area contributed by atoms with Crippen molar-refractivity contribution < 1.29 is 14.6 Å². The van der Waals surface area contributed by atoms with Gasteiger partial charge < -0.3 is 19.9 Å². The Labute approximate surface area is 122 Å². The Balaban J connectivity index is 2.26. The minimum Gasteiger partial charge on any atom is -0.491 e. The van der Waals surface area contributed by atoms with Gasteiger partial charge in [-0.1, -0.05) is 32.4 Å². The summed E-state index contributed by atoms with van der Waals surface area (Å²) in [6.07, 6.45) is 1.55. The molecule has 0 aliphatic carbocycles. The predicted octanol–water partition coefficient (Wildman–Crippen LogP) is 2.35. The molecule has 0 aliphatic heterocycles. The van der Waals surface area contributed by atoms with Gasteiger partial charge >= 0.3 is 0 Å². The molecule has 0 heterocycles. The standard InChI is InChI=1S/C16H27NO3/c1-3-5-9-19-12-15(18)13-20-16-8-6-7-14(10-16)11-17-4-2/h6-8,10,15,17-18H,3-5,9,11-13H2,1-2H3. The molecule has 4 nitrogen and oxygen atoms in total. The molecular weight excluding hydrogens is 254 g/mol.